The van der Waals surface area contributed by atoms with Gasteiger partial charge in [-0.3, -0.25) is 4.98 Å². The Balaban J connectivity index is 2.05. The lowest BCUT2D eigenvalue weighted by molar-refractivity contribution is 0.169. The minimum Gasteiger partial charge on any atom is -0.327 e. The monoisotopic (exact) mass is 252 g/mol. The summed E-state index contributed by atoms with van der Waals surface area (Å²) < 4.78 is 0. The Morgan fingerprint density at radius 2 is 2.12 bits per heavy atom. The SMILES string of the molecule is CC1(C(N)Cc2ccncc2Cl)CCCCC1. The van der Waals surface area contributed by atoms with Crippen molar-refractivity contribution < 1.29 is 0 Å². The van der Waals surface area contributed by atoms with Crippen molar-refractivity contribution in [2.24, 2.45) is 11.1 Å². The number of nitrogens with zero attached hydrogens (tertiary/aromatic N) is 1. The van der Waals surface area contributed by atoms with Gasteiger partial charge in [-0.25, -0.2) is 0 Å². The molecule has 0 bridgehead atoms. The molecule has 2 nitrogen and oxygen atoms in total. The van der Waals surface area contributed by atoms with Crippen LogP contribution in [-0.4, -0.2) is 11.0 Å². The van der Waals surface area contributed by atoms with Crippen LogP contribution in [0.4, 0.5) is 0 Å². The molecule has 0 radical (unpaired) electrons. The summed E-state index contributed by atoms with van der Waals surface area (Å²) in [6.45, 7) is 2.33. The summed E-state index contributed by atoms with van der Waals surface area (Å²) >= 11 is 6.13. The highest BCUT2D eigenvalue weighted by molar-refractivity contribution is 6.31. The quantitative estimate of drug-likeness (QED) is 0.893. The van der Waals surface area contributed by atoms with Crippen LogP contribution in [0.1, 0.15) is 44.6 Å². The molecule has 0 aromatic carbocycles. The van der Waals surface area contributed by atoms with Gasteiger partial charge in [0.25, 0.3) is 0 Å². The first-order valence-electron chi connectivity index (χ1n) is 6.46. The number of pyridine rings is 1. The molecule has 1 aromatic rings. The fourth-order valence-electron chi connectivity index (χ4n) is 2.78. The van der Waals surface area contributed by atoms with Gasteiger partial charge in [-0.05, 0) is 36.3 Å². The van der Waals surface area contributed by atoms with Gasteiger partial charge in [0, 0.05) is 18.4 Å². The molecular formula is C14H21ClN2. The van der Waals surface area contributed by atoms with Crippen LogP contribution in [0.5, 0.6) is 0 Å². The number of aromatic nitrogens is 1. The lowest BCUT2D eigenvalue weighted by Gasteiger charge is -2.39. The molecule has 2 rings (SSSR count). The van der Waals surface area contributed by atoms with Crippen LogP contribution in [-0.2, 0) is 6.42 Å². The van der Waals surface area contributed by atoms with E-state index >= 15 is 0 Å². The second-order valence-electron chi connectivity index (χ2n) is 5.49. The zero-order valence-corrected chi connectivity index (χ0v) is 11.2. The van der Waals surface area contributed by atoms with Gasteiger partial charge in [0.1, 0.15) is 0 Å². The molecule has 1 atom stereocenters. The normalized spacial score (nSPS) is 21.1. The summed E-state index contributed by atoms with van der Waals surface area (Å²) in [5.74, 6) is 0. The third kappa shape index (κ3) is 2.99. The minimum atomic E-state index is 0.197. The van der Waals surface area contributed by atoms with Crippen LogP contribution in [0.2, 0.25) is 5.02 Å². The summed E-state index contributed by atoms with van der Waals surface area (Å²) in [6, 6.07) is 2.18. The van der Waals surface area contributed by atoms with Crippen molar-refractivity contribution in [2.75, 3.05) is 0 Å². The molecule has 0 spiro atoms. The largest absolute Gasteiger partial charge is 0.327 e. The predicted octanol–water partition coefficient (Wildman–Crippen LogP) is 3.58. The van der Waals surface area contributed by atoms with Gasteiger partial charge in [-0.15, -0.1) is 0 Å². The molecule has 0 aliphatic heterocycles. The van der Waals surface area contributed by atoms with Gasteiger partial charge < -0.3 is 5.73 Å². The van der Waals surface area contributed by atoms with Crippen LogP contribution in [0.15, 0.2) is 18.5 Å². The van der Waals surface area contributed by atoms with Crippen LogP contribution >= 0.6 is 11.6 Å². The van der Waals surface area contributed by atoms with Gasteiger partial charge in [0.2, 0.25) is 0 Å². The highest BCUT2D eigenvalue weighted by atomic mass is 35.5. The summed E-state index contributed by atoms with van der Waals surface area (Å²) in [6.07, 6.45) is 10.8. The third-order valence-electron chi connectivity index (χ3n) is 4.19. The Kier molecular flexibility index (Phi) is 4.05. The van der Waals surface area contributed by atoms with Crippen molar-refractivity contribution in [2.45, 2.75) is 51.5 Å². The zero-order chi connectivity index (χ0) is 12.3. The van der Waals surface area contributed by atoms with Crippen LogP contribution < -0.4 is 5.73 Å². The third-order valence-corrected chi connectivity index (χ3v) is 4.53. The van der Waals surface area contributed by atoms with E-state index in [0.29, 0.717) is 0 Å². The summed E-state index contributed by atoms with van der Waals surface area (Å²) in [4.78, 5) is 4.01. The van der Waals surface area contributed by atoms with Crippen LogP contribution in [0.3, 0.4) is 0 Å². The van der Waals surface area contributed by atoms with E-state index in [1.165, 1.54) is 32.1 Å². The smallest absolute Gasteiger partial charge is 0.0621 e. The summed E-state index contributed by atoms with van der Waals surface area (Å²) in [5.41, 5.74) is 7.81. The van der Waals surface area contributed by atoms with E-state index in [4.69, 9.17) is 17.3 Å². The van der Waals surface area contributed by atoms with Crippen molar-refractivity contribution in [3.63, 3.8) is 0 Å². The van der Waals surface area contributed by atoms with E-state index in [1.807, 2.05) is 6.07 Å². The molecule has 1 fully saturated rings. The molecule has 94 valence electrons. The predicted molar refractivity (Wildman–Crippen MR) is 72.1 cm³/mol. The van der Waals surface area contributed by atoms with Crippen molar-refractivity contribution in [1.82, 2.24) is 4.98 Å². The minimum absolute atomic E-state index is 0.197. The molecule has 1 saturated carbocycles. The maximum atomic E-state index is 6.40. The Morgan fingerprint density at radius 1 is 1.41 bits per heavy atom. The van der Waals surface area contributed by atoms with Crippen LogP contribution in [0, 0.1) is 5.41 Å². The molecule has 0 saturated heterocycles. The van der Waals surface area contributed by atoms with E-state index in [2.05, 4.69) is 11.9 Å². The van der Waals surface area contributed by atoms with Crippen molar-refractivity contribution in [3.8, 4) is 0 Å². The lowest BCUT2D eigenvalue weighted by Crippen LogP contribution is -2.42. The van der Waals surface area contributed by atoms with E-state index in [-0.39, 0.29) is 11.5 Å². The van der Waals surface area contributed by atoms with E-state index in [9.17, 15) is 0 Å². The van der Waals surface area contributed by atoms with Gasteiger partial charge in [0.05, 0.1) is 5.02 Å². The molecule has 2 N–H and O–H groups in total. The van der Waals surface area contributed by atoms with E-state index in [0.717, 1.165) is 17.0 Å². The molecule has 1 aromatic heterocycles. The fourth-order valence-corrected chi connectivity index (χ4v) is 2.98. The fraction of sp³-hybridized carbons (Fsp3) is 0.643. The maximum absolute atomic E-state index is 6.40. The standard InChI is InChI=1S/C14H21ClN2/c1-14(6-3-2-4-7-14)13(16)9-11-5-8-17-10-12(11)15/h5,8,10,13H,2-4,6-7,9,16H2,1H3. The molecule has 17 heavy (non-hydrogen) atoms. The van der Waals surface area contributed by atoms with Gasteiger partial charge >= 0.3 is 0 Å². The van der Waals surface area contributed by atoms with E-state index < -0.39 is 0 Å². The molecule has 3 heteroatoms. The maximum Gasteiger partial charge on any atom is 0.0621 e. The first kappa shape index (κ1) is 12.8. The van der Waals surface area contributed by atoms with Gasteiger partial charge in [0.15, 0.2) is 0 Å². The van der Waals surface area contributed by atoms with Crippen molar-refractivity contribution in [1.29, 1.82) is 0 Å². The van der Waals surface area contributed by atoms with Gasteiger partial charge in [-0.2, -0.15) is 0 Å². The molecule has 1 aliphatic carbocycles. The number of nitrogens with two attached hydrogens (primary N) is 1. The second kappa shape index (κ2) is 5.36. The summed E-state index contributed by atoms with van der Waals surface area (Å²) in [7, 11) is 0. The Bertz CT molecular complexity index is 372. The molecule has 1 unspecified atom stereocenters. The second-order valence-corrected chi connectivity index (χ2v) is 5.90. The highest BCUT2D eigenvalue weighted by Crippen LogP contribution is 2.39. The number of hydrogen-bond donors (Lipinski definition) is 1. The van der Waals surface area contributed by atoms with Crippen molar-refractivity contribution >= 4 is 11.6 Å². The summed E-state index contributed by atoms with van der Waals surface area (Å²) in [5, 5.41) is 0.738. The first-order chi connectivity index (χ1) is 8.12. The first-order valence-corrected chi connectivity index (χ1v) is 6.83. The molecule has 0 amide bonds. The lowest BCUT2D eigenvalue weighted by atomic mass is 9.69. The molecule has 1 aliphatic rings. The zero-order valence-electron chi connectivity index (χ0n) is 10.5. The molecular weight excluding hydrogens is 232 g/mol. The average Bonchev–Trinajstić information content (AvgIpc) is 2.33. The number of halogens is 1. The van der Waals surface area contributed by atoms with Gasteiger partial charge in [-0.1, -0.05) is 37.8 Å². The highest BCUT2D eigenvalue weighted by Gasteiger charge is 2.33. The Hall–Kier alpha value is -0.600. The van der Waals surface area contributed by atoms with E-state index in [1.54, 1.807) is 12.4 Å². The van der Waals surface area contributed by atoms with Crippen LogP contribution in [0.25, 0.3) is 0 Å². The topological polar surface area (TPSA) is 38.9 Å². The Morgan fingerprint density at radius 3 is 2.76 bits per heavy atom. The number of hydrogen-bond acceptors (Lipinski definition) is 2. The average molecular weight is 253 g/mol. The molecule has 1 heterocycles. The Labute approximate surface area is 109 Å². The number of rotatable bonds is 3. The van der Waals surface area contributed by atoms with Crippen molar-refractivity contribution in [3.05, 3.63) is 29.0 Å².